The van der Waals surface area contributed by atoms with Gasteiger partial charge in [-0.2, -0.15) is 4.31 Å². The summed E-state index contributed by atoms with van der Waals surface area (Å²) in [6.45, 7) is 5.26. The van der Waals surface area contributed by atoms with Gasteiger partial charge in [-0.05, 0) is 37.1 Å². The molecule has 2 fully saturated rings. The molecular formula is C22H26N2O4S. The molecule has 2 aliphatic heterocycles. The summed E-state index contributed by atoms with van der Waals surface area (Å²) in [5, 5.41) is 0. The number of carbonyl (C=O) groups excluding carboxylic acids is 1. The van der Waals surface area contributed by atoms with Crippen molar-refractivity contribution in [1.82, 2.24) is 9.21 Å². The molecule has 1 amide bonds. The van der Waals surface area contributed by atoms with Crippen LogP contribution in [0.15, 0.2) is 53.4 Å². The van der Waals surface area contributed by atoms with Gasteiger partial charge in [0.2, 0.25) is 15.9 Å². The molecule has 0 radical (unpaired) electrons. The molecule has 0 N–H and O–H groups in total. The Morgan fingerprint density at radius 3 is 2.24 bits per heavy atom. The second kappa shape index (κ2) is 7.89. The minimum Gasteiger partial charge on any atom is -0.369 e. The van der Waals surface area contributed by atoms with Crippen molar-refractivity contribution in [3.63, 3.8) is 0 Å². The summed E-state index contributed by atoms with van der Waals surface area (Å²) in [5.41, 5.74) is 3.06. The lowest BCUT2D eigenvalue weighted by Crippen LogP contribution is -2.61. The van der Waals surface area contributed by atoms with Gasteiger partial charge in [0.25, 0.3) is 0 Å². The van der Waals surface area contributed by atoms with E-state index in [-0.39, 0.29) is 31.2 Å². The fourth-order valence-corrected chi connectivity index (χ4v) is 5.58. The average molecular weight is 415 g/mol. The highest BCUT2D eigenvalue weighted by Gasteiger charge is 2.41. The lowest BCUT2D eigenvalue weighted by molar-refractivity contribution is -0.153. The third-order valence-electron chi connectivity index (χ3n) is 5.50. The quantitative estimate of drug-likeness (QED) is 0.769. The molecule has 154 valence electrons. The van der Waals surface area contributed by atoms with E-state index >= 15 is 0 Å². The van der Waals surface area contributed by atoms with Gasteiger partial charge >= 0.3 is 0 Å². The van der Waals surface area contributed by atoms with Crippen LogP contribution in [-0.4, -0.2) is 61.9 Å². The molecule has 2 unspecified atom stereocenters. The van der Waals surface area contributed by atoms with Crippen molar-refractivity contribution in [3.8, 4) is 0 Å². The Kier molecular flexibility index (Phi) is 5.46. The van der Waals surface area contributed by atoms with E-state index in [2.05, 4.69) is 0 Å². The highest BCUT2D eigenvalue weighted by molar-refractivity contribution is 7.89. The van der Waals surface area contributed by atoms with Crippen molar-refractivity contribution in [2.75, 3.05) is 26.2 Å². The number of benzene rings is 2. The van der Waals surface area contributed by atoms with Crippen LogP contribution in [0.1, 0.15) is 16.7 Å². The topological polar surface area (TPSA) is 66.9 Å². The average Bonchev–Trinajstić information content (AvgIpc) is 2.69. The normalized spacial score (nSPS) is 22.5. The van der Waals surface area contributed by atoms with Crippen LogP contribution in [0.5, 0.6) is 0 Å². The number of sulfonamides is 1. The molecule has 2 aromatic rings. The number of fused-ring (bicyclic) bond motifs is 2. The maximum atomic E-state index is 13.0. The molecule has 2 bridgehead atoms. The number of carbonyl (C=O) groups is 1. The van der Waals surface area contributed by atoms with E-state index in [0.717, 1.165) is 16.7 Å². The zero-order chi connectivity index (χ0) is 20.6. The summed E-state index contributed by atoms with van der Waals surface area (Å²) in [6, 6.07) is 14.9. The van der Waals surface area contributed by atoms with E-state index in [1.807, 2.05) is 49.1 Å². The number of amides is 1. The number of aryl methyl sites for hydroxylation is 2. The van der Waals surface area contributed by atoms with Gasteiger partial charge in [-0.25, -0.2) is 8.42 Å². The number of ether oxygens (including phenoxy) is 1. The monoisotopic (exact) mass is 414 g/mol. The third-order valence-corrected chi connectivity index (χ3v) is 7.33. The van der Waals surface area contributed by atoms with Crippen LogP contribution < -0.4 is 0 Å². The first-order valence-corrected chi connectivity index (χ1v) is 11.3. The molecule has 29 heavy (non-hydrogen) atoms. The Bertz CT molecular complexity index is 990. The first-order valence-electron chi connectivity index (χ1n) is 9.87. The SMILES string of the molecule is Cc1ccc(CC(=O)N2CC3CN(S(=O)(=O)c4cccc(C)c4)CC(C2)O3)cc1. The second-order valence-electron chi connectivity index (χ2n) is 7.98. The van der Waals surface area contributed by atoms with Crippen LogP contribution >= 0.6 is 0 Å². The first kappa shape index (κ1) is 20.1. The molecule has 0 spiro atoms. The molecule has 2 atom stereocenters. The Hall–Kier alpha value is -2.22. The number of hydrogen-bond acceptors (Lipinski definition) is 4. The van der Waals surface area contributed by atoms with Gasteiger partial charge in [-0.3, -0.25) is 4.79 Å². The van der Waals surface area contributed by atoms with Crippen LogP contribution in [0.25, 0.3) is 0 Å². The Balaban J connectivity index is 1.43. The molecule has 0 saturated carbocycles. The van der Waals surface area contributed by atoms with Crippen molar-refractivity contribution >= 4 is 15.9 Å². The molecule has 2 aromatic carbocycles. The van der Waals surface area contributed by atoms with E-state index < -0.39 is 10.0 Å². The number of rotatable bonds is 4. The van der Waals surface area contributed by atoms with Crippen molar-refractivity contribution in [1.29, 1.82) is 0 Å². The maximum Gasteiger partial charge on any atom is 0.243 e. The molecular weight excluding hydrogens is 388 g/mol. The Morgan fingerprint density at radius 2 is 1.62 bits per heavy atom. The molecule has 2 heterocycles. The van der Waals surface area contributed by atoms with Crippen molar-refractivity contribution in [2.24, 2.45) is 0 Å². The van der Waals surface area contributed by atoms with Gasteiger partial charge in [0, 0.05) is 26.2 Å². The fraction of sp³-hybridized carbons (Fsp3) is 0.409. The van der Waals surface area contributed by atoms with E-state index in [1.54, 1.807) is 18.2 Å². The standard InChI is InChI=1S/C22H26N2O4S/c1-16-6-8-18(9-7-16)11-22(25)23-12-19-14-24(15-20(13-23)28-19)29(26,27)21-5-3-4-17(2)10-21/h3-10,19-20H,11-15H2,1-2H3. The van der Waals surface area contributed by atoms with Gasteiger partial charge in [0.15, 0.2) is 0 Å². The van der Waals surface area contributed by atoms with Gasteiger partial charge in [0.05, 0.1) is 23.5 Å². The van der Waals surface area contributed by atoms with E-state index in [9.17, 15) is 13.2 Å². The van der Waals surface area contributed by atoms with Crippen molar-refractivity contribution in [2.45, 2.75) is 37.4 Å². The summed E-state index contributed by atoms with van der Waals surface area (Å²) in [6.07, 6.45) is -0.251. The molecule has 7 heteroatoms. The van der Waals surface area contributed by atoms with Gasteiger partial charge < -0.3 is 9.64 Å². The zero-order valence-electron chi connectivity index (χ0n) is 16.7. The minimum atomic E-state index is -3.57. The molecule has 0 aromatic heterocycles. The van der Waals surface area contributed by atoms with Crippen LogP contribution in [0.4, 0.5) is 0 Å². The summed E-state index contributed by atoms with van der Waals surface area (Å²) in [5.74, 6) is 0.0575. The van der Waals surface area contributed by atoms with E-state index in [1.165, 1.54) is 4.31 Å². The maximum absolute atomic E-state index is 13.0. The predicted octanol–water partition coefficient (Wildman–Crippen LogP) is 2.15. The van der Waals surface area contributed by atoms with Crippen LogP contribution in [-0.2, 0) is 26.0 Å². The molecule has 2 saturated heterocycles. The van der Waals surface area contributed by atoms with Crippen molar-refractivity contribution in [3.05, 3.63) is 65.2 Å². The van der Waals surface area contributed by atoms with Gasteiger partial charge in [-0.1, -0.05) is 42.0 Å². The van der Waals surface area contributed by atoms with Crippen LogP contribution in [0.2, 0.25) is 0 Å². The molecule has 0 aliphatic carbocycles. The van der Waals surface area contributed by atoms with E-state index in [0.29, 0.717) is 24.4 Å². The smallest absolute Gasteiger partial charge is 0.243 e. The summed E-state index contributed by atoms with van der Waals surface area (Å²) >= 11 is 0. The Morgan fingerprint density at radius 1 is 0.966 bits per heavy atom. The zero-order valence-corrected chi connectivity index (χ0v) is 17.6. The summed E-state index contributed by atoms with van der Waals surface area (Å²) in [7, 11) is -3.57. The summed E-state index contributed by atoms with van der Waals surface area (Å²) < 4.78 is 33.5. The molecule has 6 nitrogen and oxygen atoms in total. The number of morpholine rings is 2. The molecule has 4 rings (SSSR count). The highest BCUT2D eigenvalue weighted by atomic mass is 32.2. The highest BCUT2D eigenvalue weighted by Crippen LogP contribution is 2.25. The predicted molar refractivity (Wildman–Crippen MR) is 110 cm³/mol. The largest absolute Gasteiger partial charge is 0.369 e. The fourth-order valence-electron chi connectivity index (χ4n) is 3.97. The summed E-state index contributed by atoms with van der Waals surface area (Å²) in [4.78, 5) is 14.9. The van der Waals surface area contributed by atoms with Gasteiger partial charge in [0.1, 0.15) is 0 Å². The molecule has 2 aliphatic rings. The number of nitrogens with zero attached hydrogens (tertiary/aromatic N) is 2. The third kappa shape index (κ3) is 4.37. The van der Waals surface area contributed by atoms with Crippen LogP contribution in [0.3, 0.4) is 0 Å². The van der Waals surface area contributed by atoms with E-state index in [4.69, 9.17) is 4.74 Å². The van der Waals surface area contributed by atoms with Gasteiger partial charge in [-0.15, -0.1) is 0 Å². The Labute approximate surface area is 172 Å². The first-order chi connectivity index (χ1) is 13.8. The second-order valence-corrected chi connectivity index (χ2v) is 9.92. The number of hydrogen-bond donors (Lipinski definition) is 0. The van der Waals surface area contributed by atoms with Crippen LogP contribution in [0, 0.1) is 13.8 Å². The van der Waals surface area contributed by atoms with Crippen molar-refractivity contribution < 1.29 is 17.9 Å². The minimum absolute atomic E-state index is 0.0575. The lowest BCUT2D eigenvalue weighted by Gasteiger charge is -2.45. The lowest BCUT2D eigenvalue weighted by atomic mass is 10.1.